The Morgan fingerprint density at radius 1 is 1.07 bits per heavy atom. The van der Waals surface area contributed by atoms with Gasteiger partial charge in [-0.3, -0.25) is 4.90 Å². The summed E-state index contributed by atoms with van der Waals surface area (Å²) in [6.45, 7) is 11.0. The topological polar surface area (TPSA) is 32.5 Å². The molecule has 0 spiro atoms. The quantitative estimate of drug-likeness (QED) is 0.661. The van der Waals surface area contributed by atoms with Crippen LogP contribution in [-0.2, 0) is 0 Å². The van der Waals surface area contributed by atoms with Gasteiger partial charge in [-0.1, -0.05) is 13.8 Å². The molecule has 3 nitrogen and oxygen atoms in total. The largest absolute Gasteiger partial charge is 0.330 e. The van der Waals surface area contributed by atoms with Crippen molar-refractivity contribution in [2.45, 2.75) is 33.2 Å². The maximum absolute atomic E-state index is 5.73. The van der Waals surface area contributed by atoms with E-state index in [1.165, 1.54) is 13.0 Å². The summed E-state index contributed by atoms with van der Waals surface area (Å²) in [4.78, 5) is 4.79. The van der Waals surface area contributed by atoms with Crippen LogP contribution in [0.5, 0.6) is 0 Å². The standard InChI is InChI=1S/C12H29N3/c1-6-7-15(9-8-14(4)5)12(3)11(2)10-13/h11-12H,6-10,13H2,1-5H3. The van der Waals surface area contributed by atoms with Gasteiger partial charge in [-0.2, -0.15) is 0 Å². The predicted octanol–water partition coefficient (Wildman–Crippen LogP) is 1.24. The Kier molecular flexibility index (Phi) is 8.02. The van der Waals surface area contributed by atoms with Crippen LogP contribution in [0.15, 0.2) is 0 Å². The minimum absolute atomic E-state index is 0.582. The van der Waals surface area contributed by atoms with Gasteiger partial charge in [0.15, 0.2) is 0 Å². The van der Waals surface area contributed by atoms with E-state index in [4.69, 9.17) is 5.73 Å². The summed E-state index contributed by atoms with van der Waals surface area (Å²) in [5.41, 5.74) is 5.73. The molecule has 0 radical (unpaired) electrons. The van der Waals surface area contributed by atoms with Crippen LogP contribution in [0.4, 0.5) is 0 Å². The average molecular weight is 215 g/mol. The Balaban J connectivity index is 4.11. The molecule has 0 heterocycles. The van der Waals surface area contributed by atoms with Gasteiger partial charge in [0.2, 0.25) is 0 Å². The Hall–Kier alpha value is -0.120. The van der Waals surface area contributed by atoms with Crippen molar-refractivity contribution in [3.8, 4) is 0 Å². The Morgan fingerprint density at radius 3 is 2.07 bits per heavy atom. The zero-order valence-corrected chi connectivity index (χ0v) is 11.2. The SMILES string of the molecule is CCCN(CCN(C)C)C(C)C(C)CN. The zero-order valence-electron chi connectivity index (χ0n) is 11.2. The van der Waals surface area contributed by atoms with E-state index in [-0.39, 0.29) is 0 Å². The molecule has 0 bridgehead atoms. The van der Waals surface area contributed by atoms with Crippen molar-refractivity contribution in [1.82, 2.24) is 9.80 Å². The fourth-order valence-corrected chi connectivity index (χ4v) is 1.69. The summed E-state index contributed by atoms with van der Waals surface area (Å²) in [6.07, 6.45) is 1.22. The molecule has 15 heavy (non-hydrogen) atoms. The third-order valence-corrected chi connectivity index (χ3v) is 3.12. The highest BCUT2D eigenvalue weighted by molar-refractivity contribution is 4.73. The molecule has 2 atom stereocenters. The fourth-order valence-electron chi connectivity index (χ4n) is 1.69. The first-order valence-electron chi connectivity index (χ1n) is 6.11. The average Bonchev–Trinajstić information content (AvgIpc) is 2.21. The monoisotopic (exact) mass is 215 g/mol. The van der Waals surface area contributed by atoms with Gasteiger partial charge in [-0.15, -0.1) is 0 Å². The maximum atomic E-state index is 5.73. The van der Waals surface area contributed by atoms with Crippen molar-refractivity contribution in [2.24, 2.45) is 11.7 Å². The number of nitrogens with zero attached hydrogens (tertiary/aromatic N) is 2. The molecule has 2 N–H and O–H groups in total. The van der Waals surface area contributed by atoms with Crippen LogP contribution in [0, 0.1) is 5.92 Å². The van der Waals surface area contributed by atoms with Crippen molar-refractivity contribution >= 4 is 0 Å². The van der Waals surface area contributed by atoms with Crippen molar-refractivity contribution in [3.63, 3.8) is 0 Å². The van der Waals surface area contributed by atoms with Crippen LogP contribution in [0.25, 0.3) is 0 Å². The molecule has 0 saturated heterocycles. The van der Waals surface area contributed by atoms with E-state index >= 15 is 0 Å². The van der Waals surface area contributed by atoms with Gasteiger partial charge in [0.25, 0.3) is 0 Å². The summed E-state index contributed by atoms with van der Waals surface area (Å²) in [7, 11) is 4.25. The van der Waals surface area contributed by atoms with Gasteiger partial charge in [0, 0.05) is 19.1 Å². The molecule has 0 amide bonds. The highest BCUT2D eigenvalue weighted by Crippen LogP contribution is 2.10. The third-order valence-electron chi connectivity index (χ3n) is 3.12. The Labute approximate surface area is 95.6 Å². The smallest absolute Gasteiger partial charge is 0.0112 e. The molecule has 0 aromatic rings. The van der Waals surface area contributed by atoms with Crippen LogP contribution in [0.1, 0.15) is 27.2 Å². The van der Waals surface area contributed by atoms with Gasteiger partial charge in [0.05, 0.1) is 0 Å². The van der Waals surface area contributed by atoms with Crippen LogP contribution < -0.4 is 5.73 Å². The highest BCUT2D eigenvalue weighted by atomic mass is 15.2. The zero-order chi connectivity index (χ0) is 11.8. The lowest BCUT2D eigenvalue weighted by Gasteiger charge is -2.33. The number of rotatable bonds is 8. The van der Waals surface area contributed by atoms with Crippen LogP contribution in [-0.4, -0.2) is 56.1 Å². The summed E-state index contributed by atoms with van der Waals surface area (Å²) >= 11 is 0. The van der Waals surface area contributed by atoms with Gasteiger partial charge >= 0.3 is 0 Å². The van der Waals surface area contributed by atoms with Crippen molar-refractivity contribution in [1.29, 1.82) is 0 Å². The van der Waals surface area contributed by atoms with Gasteiger partial charge in [-0.25, -0.2) is 0 Å². The van der Waals surface area contributed by atoms with E-state index in [0.717, 1.165) is 19.6 Å². The van der Waals surface area contributed by atoms with Gasteiger partial charge < -0.3 is 10.6 Å². The minimum Gasteiger partial charge on any atom is -0.330 e. The van der Waals surface area contributed by atoms with Gasteiger partial charge in [-0.05, 0) is 46.4 Å². The molecule has 3 heteroatoms. The summed E-state index contributed by atoms with van der Waals surface area (Å²) in [5, 5.41) is 0. The van der Waals surface area contributed by atoms with E-state index < -0.39 is 0 Å². The summed E-state index contributed by atoms with van der Waals surface area (Å²) in [6, 6.07) is 0.592. The molecule has 0 rings (SSSR count). The molecule has 0 aromatic heterocycles. The van der Waals surface area contributed by atoms with Crippen molar-refractivity contribution in [3.05, 3.63) is 0 Å². The number of hydrogen-bond acceptors (Lipinski definition) is 3. The van der Waals surface area contributed by atoms with E-state index in [1.807, 2.05) is 0 Å². The van der Waals surface area contributed by atoms with Crippen LogP contribution in [0.3, 0.4) is 0 Å². The van der Waals surface area contributed by atoms with E-state index in [9.17, 15) is 0 Å². The molecule has 0 aromatic carbocycles. The molecule has 0 aliphatic carbocycles. The summed E-state index contributed by atoms with van der Waals surface area (Å²) in [5.74, 6) is 0.582. The first-order valence-corrected chi connectivity index (χ1v) is 6.11. The second-order valence-electron chi connectivity index (χ2n) is 4.79. The Bertz CT molecular complexity index is 148. The molecular weight excluding hydrogens is 186 g/mol. The maximum Gasteiger partial charge on any atom is 0.0112 e. The van der Waals surface area contributed by atoms with Crippen molar-refractivity contribution in [2.75, 3.05) is 40.3 Å². The van der Waals surface area contributed by atoms with Crippen LogP contribution in [0.2, 0.25) is 0 Å². The predicted molar refractivity (Wildman–Crippen MR) is 68.1 cm³/mol. The third kappa shape index (κ3) is 6.13. The van der Waals surface area contributed by atoms with Crippen LogP contribution >= 0.6 is 0 Å². The summed E-state index contributed by atoms with van der Waals surface area (Å²) < 4.78 is 0. The molecule has 92 valence electrons. The minimum atomic E-state index is 0.582. The highest BCUT2D eigenvalue weighted by Gasteiger charge is 2.18. The normalized spacial score (nSPS) is 16.0. The van der Waals surface area contributed by atoms with Crippen molar-refractivity contribution < 1.29 is 0 Å². The second kappa shape index (κ2) is 8.08. The molecule has 0 fully saturated rings. The number of nitrogens with two attached hydrogens (primary N) is 1. The van der Waals surface area contributed by atoms with E-state index in [1.54, 1.807) is 0 Å². The molecular formula is C12H29N3. The second-order valence-corrected chi connectivity index (χ2v) is 4.79. The molecule has 0 aliphatic heterocycles. The first-order chi connectivity index (χ1) is 7.02. The molecule has 0 aliphatic rings. The van der Waals surface area contributed by atoms with E-state index in [2.05, 4.69) is 44.7 Å². The van der Waals surface area contributed by atoms with Gasteiger partial charge in [0.1, 0.15) is 0 Å². The number of hydrogen-bond donors (Lipinski definition) is 1. The fraction of sp³-hybridized carbons (Fsp3) is 1.00. The molecule has 0 saturated carbocycles. The lowest BCUT2D eigenvalue weighted by molar-refractivity contribution is 0.151. The lowest BCUT2D eigenvalue weighted by atomic mass is 10.0. The first kappa shape index (κ1) is 14.9. The number of likely N-dealkylation sites (N-methyl/N-ethyl adjacent to an activating group) is 1. The molecule has 2 unspecified atom stereocenters. The Morgan fingerprint density at radius 2 is 1.67 bits per heavy atom. The lowest BCUT2D eigenvalue weighted by Crippen LogP contribution is -2.43. The van der Waals surface area contributed by atoms with E-state index in [0.29, 0.717) is 12.0 Å².